The van der Waals surface area contributed by atoms with Crippen molar-refractivity contribution in [1.29, 1.82) is 0 Å². The molecule has 0 aliphatic carbocycles. The van der Waals surface area contributed by atoms with Crippen molar-refractivity contribution >= 4 is 23.3 Å². The van der Waals surface area contributed by atoms with Gasteiger partial charge in [0.05, 0.1) is 19.1 Å². The number of aromatic nitrogens is 5. The minimum atomic E-state index is 0.489. The third-order valence-corrected chi connectivity index (χ3v) is 5.71. The average molecular weight is 407 g/mol. The molecule has 0 aliphatic heterocycles. The van der Waals surface area contributed by atoms with Gasteiger partial charge >= 0.3 is 0 Å². The zero-order chi connectivity index (χ0) is 18.8. The fourth-order valence-corrected chi connectivity index (χ4v) is 4.24. The minimum absolute atomic E-state index is 0.489. The second-order valence-electron chi connectivity index (χ2n) is 5.80. The second kappa shape index (κ2) is 7.45. The van der Waals surface area contributed by atoms with E-state index < -0.39 is 0 Å². The normalized spacial score (nSPS) is 11.1. The number of rotatable bonds is 6. The highest BCUT2D eigenvalue weighted by molar-refractivity contribution is 8.00. The van der Waals surface area contributed by atoms with E-state index in [2.05, 4.69) is 19.6 Å². The lowest BCUT2D eigenvalue weighted by atomic mass is 10.2. The summed E-state index contributed by atoms with van der Waals surface area (Å²) in [5, 5.41) is 9.35. The Kier molecular flexibility index (Phi) is 4.51. The van der Waals surface area contributed by atoms with Gasteiger partial charge in [-0.15, -0.1) is 10.2 Å². The van der Waals surface area contributed by atoms with E-state index in [1.807, 2.05) is 59.2 Å². The predicted octanol–water partition coefficient (Wildman–Crippen LogP) is 4.85. The smallest absolute Gasteiger partial charge is 0.200 e. The summed E-state index contributed by atoms with van der Waals surface area (Å²) in [6.07, 6.45) is 3.26. The molecule has 0 fully saturated rings. The predicted molar refractivity (Wildman–Crippen MR) is 105 cm³/mol. The molecule has 1 aromatic carbocycles. The topological polar surface area (TPSA) is 82.8 Å². The summed E-state index contributed by atoms with van der Waals surface area (Å²) in [5.74, 6) is 2.79. The lowest BCUT2D eigenvalue weighted by Crippen LogP contribution is -2.02. The van der Waals surface area contributed by atoms with Gasteiger partial charge in [0.2, 0.25) is 5.82 Å². The molecule has 0 bridgehead atoms. The van der Waals surface area contributed by atoms with E-state index in [1.54, 1.807) is 12.5 Å². The SMILES string of the molecule is c1ccc(-c2nsc(Sc3nnc(-c4ccco4)n3Cc3ccco3)n2)cc1. The molecule has 4 aromatic heterocycles. The molecule has 28 heavy (non-hydrogen) atoms. The minimum Gasteiger partial charge on any atom is -0.467 e. The molecule has 0 unspecified atom stereocenters. The highest BCUT2D eigenvalue weighted by Crippen LogP contribution is 2.33. The van der Waals surface area contributed by atoms with E-state index >= 15 is 0 Å². The summed E-state index contributed by atoms with van der Waals surface area (Å²) in [7, 11) is 0. The highest BCUT2D eigenvalue weighted by atomic mass is 32.2. The van der Waals surface area contributed by atoms with Crippen LogP contribution in [0.3, 0.4) is 0 Å². The summed E-state index contributed by atoms with van der Waals surface area (Å²) in [5.41, 5.74) is 0.985. The van der Waals surface area contributed by atoms with Crippen molar-refractivity contribution in [2.45, 2.75) is 16.0 Å². The molecule has 9 heteroatoms. The van der Waals surface area contributed by atoms with Crippen molar-refractivity contribution < 1.29 is 8.83 Å². The van der Waals surface area contributed by atoms with Crippen molar-refractivity contribution in [2.75, 3.05) is 0 Å². The molecule has 0 saturated heterocycles. The van der Waals surface area contributed by atoms with Crippen molar-refractivity contribution in [3.63, 3.8) is 0 Å². The van der Waals surface area contributed by atoms with E-state index in [0.29, 0.717) is 29.1 Å². The third kappa shape index (κ3) is 3.37. The van der Waals surface area contributed by atoms with Crippen molar-refractivity contribution in [3.8, 4) is 23.0 Å². The van der Waals surface area contributed by atoms with Gasteiger partial charge in [0, 0.05) is 5.56 Å². The summed E-state index contributed by atoms with van der Waals surface area (Å²) in [6, 6.07) is 17.3. The summed E-state index contributed by atoms with van der Waals surface area (Å²) in [4.78, 5) is 4.63. The van der Waals surface area contributed by atoms with Gasteiger partial charge in [-0.25, -0.2) is 4.98 Å². The monoisotopic (exact) mass is 407 g/mol. The first kappa shape index (κ1) is 17.0. The molecule has 0 atom stereocenters. The fourth-order valence-electron chi connectivity index (χ4n) is 2.69. The summed E-state index contributed by atoms with van der Waals surface area (Å²) < 4.78 is 18.2. The maximum atomic E-state index is 5.52. The molecule has 0 saturated carbocycles. The maximum absolute atomic E-state index is 5.52. The molecular formula is C19H13N5O2S2. The van der Waals surface area contributed by atoms with E-state index in [9.17, 15) is 0 Å². The molecule has 7 nitrogen and oxygen atoms in total. The summed E-state index contributed by atoms with van der Waals surface area (Å²) >= 11 is 2.76. The number of furan rings is 2. The Morgan fingerprint density at radius 3 is 2.57 bits per heavy atom. The van der Waals surface area contributed by atoms with E-state index in [-0.39, 0.29) is 0 Å². The molecule has 0 spiro atoms. The van der Waals surface area contributed by atoms with Gasteiger partial charge in [-0.3, -0.25) is 4.57 Å². The molecule has 5 rings (SSSR count). The van der Waals surface area contributed by atoms with Crippen LogP contribution in [0, 0.1) is 0 Å². The zero-order valence-corrected chi connectivity index (χ0v) is 16.1. The van der Waals surface area contributed by atoms with E-state index in [4.69, 9.17) is 8.83 Å². The zero-order valence-electron chi connectivity index (χ0n) is 14.4. The lowest BCUT2D eigenvalue weighted by Gasteiger charge is -2.06. The molecule has 4 heterocycles. The van der Waals surface area contributed by atoms with Gasteiger partial charge in [0.15, 0.2) is 21.1 Å². The molecule has 138 valence electrons. The Morgan fingerprint density at radius 2 is 1.79 bits per heavy atom. The Bertz CT molecular complexity index is 1160. The van der Waals surface area contributed by atoms with Crippen LogP contribution in [0.15, 0.2) is 85.5 Å². The van der Waals surface area contributed by atoms with Crippen LogP contribution in [0.25, 0.3) is 23.0 Å². The molecule has 0 N–H and O–H groups in total. The molecular weight excluding hydrogens is 394 g/mol. The van der Waals surface area contributed by atoms with Gasteiger partial charge in [-0.1, -0.05) is 30.3 Å². The van der Waals surface area contributed by atoms with Gasteiger partial charge in [-0.2, -0.15) is 4.37 Å². The molecule has 0 aliphatic rings. The first-order valence-corrected chi connectivity index (χ1v) is 10.0. The fraction of sp³-hybridized carbons (Fsp3) is 0.0526. The van der Waals surface area contributed by atoms with Crippen LogP contribution < -0.4 is 0 Å². The van der Waals surface area contributed by atoms with Crippen LogP contribution in [-0.2, 0) is 6.54 Å². The summed E-state index contributed by atoms with van der Waals surface area (Å²) in [6.45, 7) is 0.489. The Hall–Kier alpha value is -3.17. The largest absolute Gasteiger partial charge is 0.467 e. The maximum Gasteiger partial charge on any atom is 0.200 e. The first-order chi connectivity index (χ1) is 13.9. The molecule has 0 amide bonds. The Labute approximate surface area is 168 Å². The number of hydrogen-bond acceptors (Lipinski definition) is 8. The van der Waals surface area contributed by atoms with Crippen LogP contribution in [0.1, 0.15) is 5.76 Å². The van der Waals surface area contributed by atoms with Gasteiger partial charge in [0.25, 0.3) is 0 Å². The number of hydrogen-bond donors (Lipinski definition) is 0. The number of nitrogens with zero attached hydrogens (tertiary/aromatic N) is 5. The van der Waals surface area contributed by atoms with Crippen molar-refractivity contribution in [1.82, 2.24) is 24.1 Å². The van der Waals surface area contributed by atoms with E-state index in [1.165, 1.54) is 23.3 Å². The molecule has 0 radical (unpaired) electrons. The standard InChI is InChI=1S/C19H13N5O2S2/c1-2-6-13(7-3-1)16-20-19(28-23-16)27-18-22-21-17(15-9-5-11-26-15)24(18)12-14-8-4-10-25-14/h1-11H,12H2. The van der Waals surface area contributed by atoms with E-state index in [0.717, 1.165) is 15.7 Å². The van der Waals surface area contributed by atoms with Crippen LogP contribution in [0.2, 0.25) is 0 Å². The third-order valence-electron chi connectivity index (χ3n) is 3.97. The highest BCUT2D eigenvalue weighted by Gasteiger charge is 2.19. The quantitative estimate of drug-likeness (QED) is 0.398. The van der Waals surface area contributed by atoms with Gasteiger partial charge < -0.3 is 8.83 Å². The van der Waals surface area contributed by atoms with Crippen LogP contribution in [-0.4, -0.2) is 24.1 Å². The van der Waals surface area contributed by atoms with Gasteiger partial charge in [0.1, 0.15) is 5.76 Å². The number of benzene rings is 1. The average Bonchev–Trinajstić information content (AvgIpc) is 3.52. The van der Waals surface area contributed by atoms with Crippen LogP contribution in [0.4, 0.5) is 0 Å². The Morgan fingerprint density at radius 1 is 0.929 bits per heavy atom. The second-order valence-corrected chi connectivity index (χ2v) is 7.77. The van der Waals surface area contributed by atoms with Crippen LogP contribution in [0.5, 0.6) is 0 Å². The van der Waals surface area contributed by atoms with Gasteiger partial charge in [-0.05, 0) is 47.6 Å². The van der Waals surface area contributed by atoms with Crippen molar-refractivity contribution in [3.05, 3.63) is 72.9 Å². The molecule has 5 aromatic rings. The Balaban J connectivity index is 1.47. The van der Waals surface area contributed by atoms with Crippen molar-refractivity contribution in [2.24, 2.45) is 0 Å². The first-order valence-electron chi connectivity index (χ1n) is 8.43. The van der Waals surface area contributed by atoms with Crippen LogP contribution >= 0.6 is 23.3 Å². The lowest BCUT2D eigenvalue weighted by molar-refractivity contribution is 0.482.